The van der Waals surface area contributed by atoms with Gasteiger partial charge in [-0.25, -0.2) is 0 Å². The van der Waals surface area contributed by atoms with Gasteiger partial charge in [-0.15, -0.1) is 10.2 Å². The first-order valence-corrected chi connectivity index (χ1v) is 11.6. The maximum Gasteiger partial charge on any atom is 0.230 e. The summed E-state index contributed by atoms with van der Waals surface area (Å²) in [7, 11) is 1.96. The molecule has 1 saturated carbocycles. The SMILES string of the molecule is CC1CCCC(NC(=O)CSc2nnc(-c3ccc(C(C)(C)C)cc3)n2C)C1C. The molecule has 1 amide bonds. The molecule has 1 fully saturated rings. The largest absolute Gasteiger partial charge is 0.352 e. The maximum atomic E-state index is 12.5. The average molecular weight is 415 g/mol. The third-order valence-electron chi connectivity index (χ3n) is 6.23. The highest BCUT2D eigenvalue weighted by Crippen LogP contribution is 2.30. The van der Waals surface area contributed by atoms with E-state index in [2.05, 4.69) is 74.4 Å². The molecule has 1 aromatic carbocycles. The van der Waals surface area contributed by atoms with Gasteiger partial charge in [0.2, 0.25) is 5.91 Å². The second kappa shape index (κ2) is 8.90. The van der Waals surface area contributed by atoms with Gasteiger partial charge in [-0.2, -0.15) is 0 Å². The van der Waals surface area contributed by atoms with Crippen LogP contribution in [0.1, 0.15) is 59.4 Å². The van der Waals surface area contributed by atoms with Gasteiger partial charge in [-0.1, -0.05) is 83.5 Å². The molecule has 0 aliphatic heterocycles. The monoisotopic (exact) mass is 414 g/mol. The predicted octanol–water partition coefficient (Wildman–Crippen LogP) is 4.81. The lowest BCUT2D eigenvalue weighted by atomic mass is 9.78. The van der Waals surface area contributed by atoms with Crippen molar-refractivity contribution in [3.8, 4) is 11.4 Å². The van der Waals surface area contributed by atoms with E-state index >= 15 is 0 Å². The topological polar surface area (TPSA) is 59.8 Å². The van der Waals surface area contributed by atoms with Crippen LogP contribution < -0.4 is 5.32 Å². The Labute approximate surface area is 179 Å². The van der Waals surface area contributed by atoms with Crippen LogP contribution in [-0.4, -0.2) is 32.5 Å². The van der Waals surface area contributed by atoms with Crippen molar-refractivity contribution in [1.82, 2.24) is 20.1 Å². The van der Waals surface area contributed by atoms with Crippen LogP contribution in [0.5, 0.6) is 0 Å². The van der Waals surface area contributed by atoms with E-state index in [4.69, 9.17) is 0 Å². The summed E-state index contributed by atoms with van der Waals surface area (Å²) in [5, 5.41) is 12.7. The highest BCUT2D eigenvalue weighted by Gasteiger charge is 2.28. The molecule has 0 saturated heterocycles. The minimum absolute atomic E-state index is 0.0834. The number of nitrogens with one attached hydrogen (secondary N) is 1. The zero-order chi connectivity index (χ0) is 21.2. The molecule has 5 nitrogen and oxygen atoms in total. The number of hydrogen-bond donors (Lipinski definition) is 1. The summed E-state index contributed by atoms with van der Waals surface area (Å²) in [4.78, 5) is 12.5. The fourth-order valence-electron chi connectivity index (χ4n) is 3.98. The van der Waals surface area contributed by atoms with Gasteiger partial charge >= 0.3 is 0 Å². The molecule has 2 aromatic rings. The highest BCUT2D eigenvalue weighted by molar-refractivity contribution is 7.99. The predicted molar refractivity (Wildman–Crippen MR) is 120 cm³/mol. The Morgan fingerprint density at radius 3 is 2.52 bits per heavy atom. The van der Waals surface area contributed by atoms with Crippen molar-refractivity contribution < 1.29 is 4.79 Å². The summed E-state index contributed by atoms with van der Waals surface area (Å²) >= 11 is 1.45. The van der Waals surface area contributed by atoms with Gasteiger partial charge in [0.05, 0.1) is 5.75 Å². The van der Waals surface area contributed by atoms with Crippen LogP contribution in [0.15, 0.2) is 29.4 Å². The quantitative estimate of drug-likeness (QED) is 0.713. The lowest BCUT2D eigenvalue weighted by molar-refractivity contribution is -0.120. The van der Waals surface area contributed by atoms with E-state index in [1.165, 1.54) is 30.2 Å². The van der Waals surface area contributed by atoms with E-state index in [1.54, 1.807) is 0 Å². The van der Waals surface area contributed by atoms with Crippen LogP contribution in [-0.2, 0) is 17.3 Å². The minimum atomic E-state index is 0.0834. The number of benzene rings is 1. The fourth-order valence-corrected chi connectivity index (χ4v) is 4.70. The van der Waals surface area contributed by atoms with Crippen molar-refractivity contribution in [3.05, 3.63) is 29.8 Å². The Morgan fingerprint density at radius 1 is 1.17 bits per heavy atom. The molecule has 0 bridgehead atoms. The zero-order valence-electron chi connectivity index (χ0n) is 18.5. The molecule has 1 aliphatic rings. The summed E-state index contributed by atoms with van der Waals surface area (Å²) in [6.07, 6.45) is 3.55. The first kappa shape index (κ1) is 21.9. The van der Waals surface area contributed by atoms with Gasteiger partial charge in [0.1, 0.15) is 0 Å². The molecule has 6 heteroatoms. The number of amides is 1. The number of nitrogens with zero attached hydrogens (tertiary/aromatic N) is 3. The molecule has 0 spiro atoms. The van der Waals surface area contributed by atoms with Crippen molar-refractivity contribution in [2.45, 2.75) is 70.5 Å². The fraction of sp³-hybridized carbons (Fsp3) is 0.609. The highest BCUT2D eigenvalue weighted by atomic mass is 32.2. The zero-order valence-corrected chi connectivity index (χ0v) is 19.3. The summed E-state index contributed by atoms with van der Waals surface area (Å²) in [5.41, 5.74) is 2.45. The van der Waals surface area contributed by atoms with Crippen LogP contribution in [0.2, 0.25) is 0 Å². The second-order valence-electron chi connectivity index (χ2n) is 9.42. The summed E-state index contributed by atoms with van der Waals surface area (Å²) < 4.78 is 1.97. The van der Waals surface area contributed by atoms with Gasteiger partial charge < -0.3 is 9.88 Å². The standard InChI is InChI=1S/C23H34N4OS/c1-15-8-7-9-19(16(15)2)24-20(28)14-29-22-26-25-21(27(22)6)17-10-12-18(13-11-17)23(3,4)5/h10-13,15-16,19H,7-9,14H2,1-6H3,(H,24,28). The Hall–Kier alpha value is -1.82. The molecular formula is C23H34N4OS. The normalized spacial score (nSPS) is 22.5. The van der Waals surface area contributed by atoms with E-state index in [-0.39, 0.29) is 11.3 Å². The van der Waals surface area contributed by atoms with Crippen molar-refractivity contribution in [1.29, 1.82) is 0 Å². The third-order valence-corrected chi connectivity index (χ3v) is 7.25. The Bertz CT molecular complexity index is 838. The number of carbonyl (C=O) groups is 1. The van der Waals surface area contributed by atoms with Crippen LogP contribution in [0.25, 0.3) is 11.4 Å². The number of rotatable bonds is 5. The molecule has 1 heterocycles. The summed E-state index contributed by atoms with van der Waals surface area (Å²) in [6, 6.07) is 8.78. The van der Waals surface area contributed by atoms with Crippen molar-refractivity contribution in [2.75, 3.05) is 5.75 Å². The average Bonchev–Trinajstić information content (AvgIpc) is 3.04. The Balaban J connectivity index is 1.60. The van der Waals surface area contributed by atoms with E-state index < -0.39 is 0 Å². The summed E-state index contributed by atoms with van der Waals surface area (Å²) in [5.74, 6) is 2.48. The van der Waals surface area contributed by atoms with Gasteiger partial charge in [0, 0.05) is 18.7 Å². The lowest BCUT2D eigenvalue weighted by Crippen LogP contribution is -2.44. The van der Waals surface area contributed by atoms with Crippen molar-refractivity contribution in [3.63, 3.8) is 0 Å². The van der Waals surface area contributed by atoms with Crippen molar-refractivity contribution in [2.24, 2.45) is 18.9 Å². The maximum absolute atomic E-state index is 12.5. The van der Waals surface area contributed by atoms with E-state index in [0.29, 0.717) is 23.6 Å². The molecular weight excluding hydrogens is 380 g/mol. The van der Waals surface area contributed by atoms with Gasteiger partial charge in [0.25, 0.3) is 0 Å². The first-order chi connectivity index (χ1) is 13.7. The van der Waals surface area contributed by atoms with E-state index in [0.717, 1.165) is 23.0 Å². The molecule has 1 aliphatic carbocycles. The molecule has 158 valence electrons. The number of carbonyl (C=O) groups excluding carboxylic acids is 1. The van der Waals surface area contributed by atoms with Crippen molar-refractivity contribution >= 4 is 17.7 Å². The van der Waals surface area contributed by atoms with Crippen LogP contribution in [0.4, 0.5) is 0 Å². The van der Waals surface area contributed by atoms with Crippen LogP contribution in [0.3, 0.4) is 0 Å². The Kier molecular flexibility index (Phi) is 6.72. The van der Waals surface area contributed by atoms with E-state index in [1.807, 2.05) is 11.6 Å². The smallest absolute Gasteiger partial charge is 0.230 e. The molecule has 29 heavy (non-hydrogen) atoms. The van der Waals surface area contributed by atoms with Crippen LogP contribution >= 0.6 is 11.8 Å². The molecule has 1 aromatic heterocycles. The third kappa shape index (κ3) is 5.21. The molecule has 3 unspecified atom stereocenters. The van der Waals surface area contributed by atoms with Crippen LogP contribution in [0, 0.1) is 11.8 Å². The minimum Gasteiger partial charge on any atom is -0.352 e. The number of aromatic nitrogens is 3. The van der Waals surface area contributed by atoms with Gasteiger partial charge in [0.15, 0.2) is 11.0 Å². The molecule has 1 N–H and O–H groups in total. The number of thioether (sulfide) groups is 1. The number of hydrogen-bond acceptors (Lipinski definition) is 4. The second-order valence-corrected chi connectivity index (χ2v) is 10.4. The lowest BCUT2D eigenvalue weighted by Gasteiger charge is -2.34. The Morgan fingerprint density at radius 2 is 1.86 bits per heavy atom. The van der Waals surface area contributed by atoms with Gasteiger partial charge in [-0.05, 0) is 29.2 Å². The van der Waals surface area contributed by atoms with E-state index in [9.17, 15) is 4.79 Å². The molecule has 3 rings (SSSR count). The summed E-state index contributed by atoms with van der Waals surface area (Å²) in [6.45, 7) is 11.2. The van der Waals surface area contributed by atoms with Gasteiger partial charge in [-0.3, -0.25) is 4.79 Å². The molecule has 3 atom stereocenters. The molecule has 0 radical (unpaired) electrons. The first-order valence-electron chi connectivity index (χ1n) is 10.6.